The zero-order valence-corrected chi connectivity index (χ0v) is 15.9. The van der Waals surface area contributed by atoms with E-state index in [0.29, 0.717) is 16.4 Å². The van der Waals surface area contributed by atoms with Gasteiger partial charge in [-0.15, -0.1) is 0 Å². The smallest absolute Gasteiger partial charge is 0.374 e. The van der Waals surface area contributed by atoms with Crippen LogP contribution in [0.5, 0.6) is 0 Å². The van der Waals surface area contributed by atoms with Gasteiger partial charge in [-0.1, -0.05) is 17.7 Å². The first-order valence-electron chi connectivity index (χ1n) is 8.40. The van der Waals surface area contributed by atoms with E-state index in [1.807, 2.05) is 0 Å². The molecule has 0 aliphatic carbocycles. The molecule has 3 rings (SSSR count). The second-order valence-electron chi connectivity index (χ2n) is 6.00. The third kappa shape index (κ3) is 5.20. The summed E-state index contributed by atoms with van der Waals surface area (Å²) in [6.07, 6.45) is 0. The molecule has 148 valence electrons. The summed E-state index contributed by atoms with van der Waals surface area (Å²) < 4.78 is 10.3. The number of anilines is 2. The van der Waals surface area contributed by atoms with Crippen LogP contribution in [0.25, 0.3) is 11.0 Å². The van der Waals surface area contributed by atoms with Crippen LogP contribution < -0.4 is 16.1 Å². The number of halogens is 1. The molecule has 0 fully saturated rings. The Bertz CT molecular complexity index is 1170. The Kier molecular flexibility index (Phi) is 5.94. The summed E-state index contributed by atoms with van der Waals surface area (Å²) in [4.78, 5) is 47.3. The lowest BCUT2D eigenvalue weighted by molar-refractivity contribution is -0.119. The number of benzene rings is 2. The fourth-order valence-electron chi connectivity index (χ4n) is 2.51. The van der Waals surface area contributed by atoms with E-state index in [2.05, 4.69) is 10.6 Å². The Hall–Kier alpha value is -3.65. The van der Waals surface area contributed by atoms with Gasteiger partial charge >= 0.3 is 5.97 Å². The minimum Gasteiger partial charge on any atom is -0.450 e. The molecular weight excluding hydrogens is 400 g/mol. The average molecular weight is 415 g/mol. The van der Waals surface area contributed by atoms with Crippen molar-refractivity contribution in [2.24, 2.45) is 0 Å². The lowest BCUT2D eigenvalue weighted by Gasteiger charge is -2.08. The van der Waals surface area contributed by atoms with Gasteiger partial charge in [0.05, 0.1) is 5.39 Å². The minimum absolute atomic E-state index is 0.174. The van der Waals surface area contributed by atoms with Crippen molar-refractivity contribution in [1.29, 1.82) is 0 Å². The van der Waals surface area contributed by atoms with E-state index in [1.54, 1.807) is 24.3 Å². The van der Waals surface area contributed by atoms with Crippen molar-refractivity contribution in [3.63, 3.8) is 0 Å². The Morgan fingerprint density at radius 2 is 1.76 bits per heavy atom. The molecule has 9 heteroatoms. The summed E-state index contributed by atoms with van der Waals surface area (Å²) >= 11 is 5.84. The van der Waals surface area contributed by atoms with Crippen molar-refractivity contribution in [3.8, 4) is 0 Å². The number of rotatable bonds is 5. The van der Waals surface area contributed by atoms with E-state index >= 15 is 0 Å². The maximum absolute atomic E-state index is 12.1. The standard InChI is InChI=1S/C20H15ClN2O6/c1-11(24)22-13-3-2-4-14(8-13)23-19(26)10-28-20(27)18-9-16(25)15-7-12(21)5-6-17(15)29-18/h2-9H,10H2,1H3,(H,22,24)(H,23,26). The topological polar surface area (TPSA) is 115 Å². The summed E-state index contributed by atoms with van der Waals surface area (Å²) in [6.45, 7) is 0.774. The van der Waals surface area contributed by atoms with Crippen LogP contribution in [0.1, 0.15) is 17.5 Å². The molecule has 1 heterocycles. The van der Waals surface area contributed by atoms with Crippen LogP contribution in [0, 0.1) is 0 Å². The summed E-state index contributed by atoms with van der Waals surface area (Å²) in [6, 6.07) is 11.9. The van der Waals surface area contributed by atoms with Crippen LogP contribution in [-0.4, -0.2) is 24.4 Å². The first-order chi connectivity index (χ1) is 13.8. The summed E-state index contributed by atoms with van der Waals surface area (Å²) in [5, 5.41) is 5.71. The Labute approximate surface area is 169 Å². The van der Waals surface area contributed by atoms with Gasteiger partial charge < -0.3 is 19.8 Å². The molecule has 3 aromatic rings. The minimum atomic E-state index is -0.957. The van der Waals surface area contributed by atoms with E-state index in [0.717, 1.165) is 6.07 Å². The molecule has 0 unspecified atom stereocenters. The summed E-state index contributed by atoms with van der Waals surface area (Å²) in [5.41, 5.74) is 0.629. The molecule has 0 aliphatic heterocycles. The molecule has 29 heavy (non-hydrogen) atoms. The normalized spacial score (nSPS) is 10.4. The Morgan fingerprint density at radius 3 is 2.48 bits per heavy atom. The fraction of sp³-hybridized carbons (Fsp3) is 0.100. The molecule has 1 aromatic heterocycles. The van der Waals surface area contributed by atoms with Gasteiger partial charge in [0.2, 0.25) is 11.7 Å². The zero-order chi connectivity index (χ0) is 21.0. The monoisotopic (exact) mass is 414 g/mol. The maximum Gasteiger partial charge on any atom is 0.374 e. The first kappa shape index (κ1) is 20.1. The van der Waals surface area contributed by atoms with Gasteiger partial charge in [0.1, 0.15) is 5.58 Å². The maximum atomic E-state index is 12.1. The Morgan fingerprint density at radius 1 is 1.03 bits per heavy atom. The van der Waals surface area contributed by atoms with Crippen molar-refractivity contribution >= 4 is 51.7 Å². The molecule has 8 nitrogen and oxygen atoms in total. The molecular formula is C20H15ClN2O6. The van der Waals surface area contributed by atoms with Crippen LogP contribution >= 0.6 is 11.6 Å². The predicted molar refractivity (Wildman–Crippen MR) is 107 cm³/mol. The third-order valence-electron chi connectivity index (χ3n) is 3.69. The van der Waals surface area contributed by atoms with Crippen molar-refractivity contribution < 1.29 is 23.5 Å². The number of fused-ring (bicyclic) bond motifs is 1. The largest absolute Gasteiger partial charge is 0.450 e. The zero-order valence-electron chi connectivity index (χ0n) is 15.2. The second-order valence-corrected chi connectivity index (χ2v) is 6.44. The van der Waals surface area contributed by atoms with Gasteiger partial charge in [0, 0.05) is 29.4 Å². The SMILES string of the molecule is CC(=O)Nc1cccc(NC(=O)COC(=O)c2cc(=O)c3cc(Cl)ccc3o2)c1. The van der Waals surface area contributed by atoms with Crippen LogP contribution in [0.4, 0.5) is 11.4 Å². The molecule has 2 N–H and O–H groups in total. The third-order valence-corrected chi connectivity index (χ3v) is 3.93. The number of carbonyl (C=O) groups excluding carboxylic acids is 3. The average Bonchev–Trinajstić information content (AvgIpc) is 2.66. The highest BCUT2D eigenvalue weighted by molar-refractivity contribution is 6.31. The Balaban J connectivity index is 1.64. The van der Waals surface area contributed by atoms with Crippen molar-refractivity contribution in [1.82, 2.24) is 0 Å². The van der Waals surface area contributed by atoms with Crippen LogP contribution in [0.15, 0.2) is 57.7 Å². The molecule has 0 bridgehead atoms. The van der Waals surface area contributed by atoms with E-state index < -0.39 is 23.9 Å². The highest BCUT2D eigenvalue weighted by Crippen LogP contribution is 2.18. The van der Waals surface area contributed by atoms with Gasteiger partial charge in [-0.3, -0.25) is 14.4 Å². The fourth-order valence-corrected chi connectivity index (χ4v) is 2.68. The van der Waals surface area contributed by atoms with Crippen LogP contribution in [-0.2, 0) is 14.3 Å². The predicted octanol–water partition coefficient (Wildman–Crippen LogP) is 3.20. The molecule has 2 aromatic carbocycles. The van der Waals surface area contributed by atoms with Crippen LogP contribution in [0.3, 0.4) is 0 Å². The van der Waals surface area contributed by atoms with Crippen molar-refractivity contribution in [2.45, 2.75) is 6.92 Å². The van der Waals surface area contributed by atoms with E-state index in [-0.39, 0.29) is 22.6 Å². The van der Waals surface area contributed by atoms with Gasteiger partial charge in [-0.2, -0.15) is 0 Å². The quantitative estimate of drug-likeness (QED) is 0.619. The lowest BCUT2D eigenvalue weighted by Crippen LogP contribution is -2.21. The second kappa shape index (κ2) is 8.57. The number of nitrogens with one attached hydrogen (secondary N) is 2. The highest BCUT2D eigenvalue weighted by atomic mass is 35.5. The molecule has 0 atom stereocenters. The molecule has 0 aliphatic rings. The van der Waals surface area contributed by atoms with E-state index in [9.17, 15) is 19.2 Å². The number of carbonyl (C=O) groups is 3. The molecule has 2 amide bonds. The molecule has 0 saturated heterocycles. The number of amides is 2. The van der Waals surface area contributed by atoms with Crippen molar-refractivity contribution in [3.05, 3.63) is 69.5 Å². The lowest BCUT2D eigenvalue weighted by atomic mass is 10.2. The van der Waals surface area contributed by atoms with Gasteiger partial charge in [-0.25, -0.2) is 4.79 Å². The van der Waals surface area contributed by atoms with Crippen molar-refractivity contribution in [2.75, 3.05) is 17.2 Å². The number of esters is 1. The number of ether oxygens (including phenoxy) is 1. The molecule has 0 spiro atoms. The van der Waals surface area contributed by atoms with Gasteiger partial charge in [-0.05, 0) is 36.4 Å². The summed E-state index contributed by atoms with van der Waals surface area (Å²) in [5.74, 6) is -2.14. The summed E-state index contributed by atoms with van der Waals surface area (Å²) in [7, 11) is 0. The van der Waals surface area contributed by atoms with Gasteiger partial charge in [0.15, 0.2) is 12.0 Å². The highest BCUT2D eigenvalue weighted by Gasteiger charge is 2.16. The number of hydrogen-bond donors (Lipinski definition) is 2. The first-order valence-corrected chi connectivity index (χ1v) is 8.77. The molecule has 0 saturated carbocycles. The van der Waals surface area contributed by atoms with Crippen LogP contribution in [0.2, 0.25) is 5.02 Å². The van der Waals surface area contributed by atoms with Gasteiger partial charge in [0.25, 0.3) is 5.91 Å². The van der Waals surface area contributed by atoms with E-state index in [1.165, 1.54) is 25.1 Å². The molecule has 0 radical (unpaired) electrons. The number of hydrogen-bond acceptors (Lipinski definition) is 6. The van der Waals surface area contributed by atoms with E-state index in [4.69, 9.17) is 20.8 Å².